The van der Waals surface area contributed by atoms with E-state index >= 15 is 0 Å². The minimum Gasteiger partial charge on any atom is -0.287 e. The molecule has 140 valence electrons. The molecule has 4 aromatic rings. The van der Waals surface area contributed by atoms with Crippen LogP contribution >= 0.6 is 11.6 Å². The fourth-order valence-electron chi connectivity index (χ4n) is 2.79. The highest BCUT2D eigenvalue weighted by Gasteiger charge is 2.07. The monoisotopic (exact) mass is 391 g/mol. The van der Waals surface area contributed by atoms with Crippen LogP contribution in [0.3, 0.4) is 0 Å². The molecule has 0 bridgehead atoms. The van der Waals surface area contributed by atoms with E-state index in [4.69, 9.17) is 11.6 Å². The molecule has 28 heavy (non-hydrogen) atoms. The number of hydrogen-bond donors (Lipinski definition) is 1. The second-order valence-corrected chi connectivity index (χ2v) is 6.82. The quantitative estimate of drug-likeness (QED) is 0.414. The van der Waals surface area contributed by atoms with Gasteiger partial charge < -0.3 is 0 Å². The number of imidazole rings is 1. The topological polar surface area (TPSA) is 80.9 Å². The van der Waals surface area contributed by atoms with E-state index in [-0.39, 0.29) is 0 Å². The number of halogens is 1. The Hall–Kier alpha value is -3.32. The normalized spacial score (nSPS) is 11.8. The molecule has 0 amide bonds. The van der Waals surface area contributed by atoms with Gasteiger partial charge in [-0.05, 0) is 51.1 Å². The number of fused-ring (bicyclic) bond motifs is 1. The van der Waals surface area contributed by atoms with E-state index in [1.165, 1.54) is 6.33 Å². The molecule has 0 aliphatic heterocycles. The molecule has 4 rings (SSSR count). The summed E-state index contributed by atoms with van der Waals surface area (Å²) in [6, 6.07) is 9.40. The maximum atomic E-state index is 6.03. The summed E-state index contributed by atoms with van der Waals surface area (Å²) in [6.07, 6.45) is 5.06. The van der Waals surface area contributed by atoms with Gasteiger partial charge in [0.05, 0.1) is 16.9 Å². The highest BCUT2D eigenvalue weighted by atomic mass is 35.5. The fraction of sp³-hybridized carbons (Fsp3) is 0.150. The van der Waals surface area contributed by atoms with Crippen LogP contribution in [-0.4, -0.2) is 30.2 Å². The van der Waals surface area contributed by atoms with E-state index < -0.39 is 0 Å². The van der Waals surface area contributed by atoms with Gasteiger partial charge in [-0.25, -0.2) is 19.9 Å². The van der Waals surface area contributed by atoms with E-state index in [2.05, 4.69) is 30.5 Å². The number of hydrogen-bond acceptors (Lipinski definition) is 6. The van der Waals surface area contributed by atoms with Crippen LogP contribution in [0.15, 0.2) is 54.3 Å². The van der Waals surface area contributed by atoms with E-state index in [0.717, 1.165) is 39.4 Å². The SMILES string of the molecule is C/C(=N\Nc1ncnc2cc(Cl)ccc12)c1ccc(-n2cnc(C)c2C)nc1. The third-order valence-corrected chi connectivity index (χ3v) is 4.83. The number of aryl methyl sites for hydroxylation is 1. The van der Waals surface area contributed by atoms with Gasteiger partial charge in [0.25, 0.3) is 0 Å². The van der Waals surface area contributed by atoms with Crippen LogP contribution in [0.25, 0.3) is 16.7 Å². The maximum Gasteiger partial charge on any atom is 0.157 e. The number of benzene rings is 1. The lowest BCUT2D eigenvalue weighted by molar-refractivity contribution is 0.949. The van der Waals surface area contributed by atoms with Crippen molar-refractivity contribution in [3.63, 3.8) is 0 Å². The van der Waals surface area contributed by atoms with Gasteiger partial charge in [-0.3, -0.25) is 9.99 Å². The van der Waals surface area contributed by atoms with Gasteiger partial charge in [-0.15, -0.1) is 0 Å². The lowest BCUT2D eigenvalue weighted by Gasteiger charge is -2.07. The minimum absolute atomic E-state index is 0.620. The molecule has 0 radical (unpaired) electrons. The maximum absolute atomic E-state index is 6.03. The van der Waals surface area contributed by atoms with Crippen molar-refractivity contribution in [2.24, 2.45) is 5.10 Å². The summed E-state index contributed by atoms with van der Waals surface area (Å²) in [4.78, 5) is 17.3. The summed E-state index contributed by atoms with van der Waals surface area (Å²) in [7, 11) is 0. The van der Waals surface area contributed by atoms with Crippen molar-refractivity contribution in [3.05, 3.63) is 71.2 Å². The Kier molecular flexibility index (Phi) is 4.75. The lowest BCUT2D eigenvalue weighted by Crippen LogP contribution is -2.04. The highest BCUT2D eigenvalue weighted by molar-refractivity contribution is 6.31. The zero-order valence-electron chi connectivity index (χ0n) is 15.7. The van der Waals surface area contributed by atoms with Gasteiger partial charge in [0, 0.05) is 27.9 Å². The molecule has 0 saturated heterocycles. The van der Waals surface area contributed by atoms with E-state index in [0.29, 0.717) is 10.8 Å². The largest absolute Gasteiger partial charge is 0.287 e. The van der Waals surface area contributed by atoms with Gasteiger partial charge in [-0.1, -0.05) is 11.6 Å². The molecule has 3 aromatic heterocycles. The summed E-state index contributed by atoms with van der Waals surface area (Å²) >= 11 is 6.03. The van der Waals surface area contributed by atoms with Crippen LogP contribution in [0, 0.1) is 13.8 Å². The molecule has 0 spiro atoms. The van der Waals surface area contributed by atoms with Gasteiger partial charge >= 0.3 is 0 Å². The van der Waals surface area contributed by atoms with Gasteiger partial charge in [0.1, 0.15) is 18.5 Å². The standard InChI is InChI=1S/C20H18ClN7/c1-12-14(3)28(11-25-12)19-7-4-15(9-22-19)13(2)26-27-20-17-6-5-16(21)8-18(17)23-10-24-20/h4-11H,1-3H3,(H,23,24,27)/b26-13+. The van der Waals surface area contributed by atoms with Crippen molar-refractivity contribution >= 4 is 34.0 Å². The summed E-state index contributed by atoms with van der Waals surface area (Å²) in [6.45, 7) is 5.91. The molecule has 8 heteroatoms. The number of pyridine rings is 1. The molecular formula is C20H18ClN7. The van der Waals surface area contributed by atoms with Crippen LogP contribution < -0.4 is 5.43 Å². The molecule has 0 aliphatic rings. The first-order valence-electron chi connectivity index (χ1n) is 8.71. The zero-order chi connectivity index (χ0) is 19.7. The number of rotatable bonds is 4. The molecule has 3 heterocycles. The number of anilines is 1. The second-order valence-electron chi connectivity index (χ2n) is 6.38. The number of nitrogens with zero attached hydrogens (tertiary/aromatic N) is 6. The third-order valence-electron chi connectivity index (χ3n) is 4.59. The van der Waals surface area contributed by atoms with Crippen LogP contribution in [0.4, 0.5) is 5.82 Å². The highest BCUT2D eigenvalue weighted by Crippen LogP contribution is 2.22. The molecule has 0 fully saturated rings. The van der Waals surface area contributed by atoms with Crippen LogP contribution in [-0.2, 0) is 0 Å². The third kappa shape index (κ3) is 3.44. The van der Waals surface area contributed by atoms with Crippen molar-refractivity contribution in [1.29, 1.82) is 0 Å². The van der Waals surface area contributed by atoms with Gasteiger partial charge in [0.15, 0.2) is 5.82 Å². The predicted molar refractivity (Wildman–Crippen MR) is 111 cm³/mol. The smallest absolute Gasteiger partial charge is 0.157 e. The molecule has 1 aromatic carbocycles. The fourth-order valence-corrected chi connectivity index (χ4v) is 2.96. The van der Waals surface area contributed by atoms with Crippen molar-refractivity contribution in [3.8, 4) is 5.82 Å². The molecular weight excluding hydrogens is 374 g/mol. The average molecular weight is 392 g/mol. The van der Waals surface area contributed by atoms with Gasteiger partial charge in [0.2, 0.25) is 0 Å². The van der Waals surface area contributed by atoms with Crippen LogP contribution in [0.5, 0.6) is 0 Å². The summed E-state index contributed by atoms with van der Waals surface area (Å²) in [5.41, 5.74) is 7.54. The summed E-state index contributed by atoms with van der Waals surface area (Å²) < 4.78 is 1.96. The first-order valence-corrected chi connectivity index (χ1v) is 9.08. The average Bonchev–Trinajstić information content (AvgIpc) is 3.04. The summed E-state index contributed by atoms with van der Waals surface area (Å²) in [5, 5.41) is 5.93. The van der Waals surface area contributed by atoms with E-state index in [1.54, 1.807) is 24.7 Å². The Morgan fingerprint density at radius 3 is 2.64 bits per heavy atom. The zero-order valence-corrected chi connectivity index (χ0v) is 16.4. The predicted octanol–water partition coefficient (Wildman–Crippen LogP) is 4.32. The summed E-state index contributed by atoms with van der Waals surface area (Å²) in [5.74, 6) is 1.44. The number of nitrogens with one attached hydrogen (secondary N) is 1. The second kappa shape index (κ2) is 7.36. The van der Waals surface area contributed by atoms with Crippen molar-refractivity contribution in [1.82, 2.24) is 24.5 Å². The Balaban J connectivity index is 1.57. The molecule has 1 N–H and O–H groups in total. The van der Waals surface area contributed by atoms with Crippen molar-refractivity contribution in [2.75, 3.05) is 5.43 Å². The minimum atomic E-state index is 0.620. The first kappa shape index (κ1) is 18.1. The molecule has 7 nitrogen and oxygen atoms in total. The first-order chi connectivity index (χ1) is 13.5. The van der Waals surface area contributed by atoms with Crippen molar-refractivity contribution in [2.45, 2.75) is 20.8 Å². The Morgan fingerprint density at radius 1 is 1.07 bits per heavy atom. The van der Waals surface area contributed by atoms with Crippen LogP contribution in [0.2, 0.25) is 5.02 Å². The van der Waals surface area contributed by atoms with Crippen molar-refractivity contribution < 1.29 is 0 Å². The molecule has 0 unspecified atom stereocenters. The number of aromatic nitrogens is 5. The molecule has 0 saturated carbocycles. The van der Waals surface area contributed by atoms with Gasteiger partial charge in [-0.2, -0.15) is 5.10 Å². The van der Waals surface area contributed by atoms with E-state index in [1.807, 2.05) is 43.5 Å². The molecule has 0 atom stereocenters. The molecule has 0 aliphatic carbocycles. The van der Waals surface area contributed by atoms with E-state index in [9.17, 15) is 0 Å². The Labute approximate surface area is 167 Å². The lowest BCUT2D eigenvalue weighted by atomic mass is 10.2. The van der Waals surface area contributed by atoms with Crippen LogP contribution in [0.1, 0.15) is 23.9 Å². The Bertz CT molecular complexity index is 1180. The Morgan fingerprint density at radius 2 is 1.93 bits per heavy atom. The number of hydrazone groups is 1.